The van der Waals surface area contributed by atoms with Gasteiger partial charge in [0.25, 0.3) is 0 Å². The van der Waals surface area contributed by atoms with Gasteiger partial charge in [0.15, 0.2) is 0 Å². The molecule has 9 nitrogen and oxygen atoms in total. The second-order valence-electron chi connectivity index (χ2n) is 8.36. The first-order valence-corrected chi connectivity index (χ1v) is 11.7. The van der Waals surface area contributed by atoms with Crippen LogP contribution in [-0.2, 0) is 20.9 Å². The van der Waals surface area contributed by atoms with Gasteiger partial charge in [0.2, 0.25) is 5.91 Å². The Hall–Kier alpha value is -2.43. The van der Waals surface area contributed by atoms with Crippen molar-refractivity contribution in [2.75, 3.05) is 46.4 Å². The highest BCUT2D eigenvalue weighted by Gasteiger charge is 2.49. The molecule has 0 aliphatic carbocycles. The van der Waals surface area contributed by atoms with Crippen LogP contribution in [0.25, 0.3) is 0 Å². The summed E-state index contributed by atoms with van der Waals surface area (Å²) in [7, 11) is 2.08. The number of halogens is 6. The smallest absolute Gasteiger partial charge is 0.475 e. The van der Waals surface area contributed by atoms with Crippen LogP contribution in [0.4, 0.5) is 26.3 Å². The maximum atomic E-state index is 12.9. The third-order valence-corrected chi connectivity index (χ3v) is 6.82. The third-order valence-electron chi connectivity index (χ3n) is 5.83. The van der Waals surface area contributed by atoms with Crippen molar-refractivity contribution in [2.24, 2.45) is 0 Å². The molecule has 1 aromatic rings. The predicted octanol–water partition coefficient (Wildman–Crippen LogP) is 2.42. The molecule has 0 atom stereocenters. The van der Waals surface area contributed by atoms with E-state index >= 15 is 0 Å². The van der Waals surface area contributed by atoms with E-state index in [2.05, 4.69) is 35.9 Å². The van der Waals surface area contributed by atoms with Crippen LogP contribution < -0.4 is 0 Å². The topological polar surface area (TPSA) is 122 Å². The fourth-order valence-corrected chi connectivity index (χ4v) is 4.78. The van der Waals surface area contributed by atoms with E-state index in [-0.39, 0.29) is 18.1 Å². The van der Waals surface area contributed by atoms with Gasteiger partial charge >= 0.3 is 24.3 Å². The van der Waals surface area contributed by atoms with Gasteiger partial charge in [-0.15, -0.1) is 11.3 Å². The Morgan fingerprint density at radius 2 is 1.46 bits per heavy atom. The first-order valence-electron chi connectivity index (χ1n) is 10.9. The molecule has 16 heteroatoms. The summed E-state index contributed by atoms with van der Waals surface area (Å²) in [6.07, 6.45) is -8.40. The number of carbonyl (C=O) groups is 3. The lowest BCUT2D eigenvalue weighted by molar-refractivity contribution is -0.193. The molecule has 1 spiro atoms. The summed E-state index contributed by atoms with van der Waals surface area (Å²) in [5, 5.41) is 23.4. The number of aliphatic hydroxyl groups excluding tert-OH is 1. The van der Waals surface area contributed by atoms with E-state index in [1.807, 2.05) is 16.2 Å². The second-order valence-corrected chi connectivity index (χ2v) is 9.74. The Morgan fingerprint density at radius 1 is 0.973 bits per heavy atom. The molecule has 37 heavy (non-hydrogen) atoms. The zero-order valence-corrected chi connectivity index (χ0v) is 20.9. The Balaban J connectivity index is 0.000000404. The summed E-state index contributed by atoms with van der Waals surface area (Å²) < 4.78 is 63.5. The molecule has 1 amide bonds. The van der Waals surface area contributed by atoms with Crippen molar-refractivity contribution in [2.45, 2.75) is 44.2 Å². The largest absolute Gasteiger partial charge is 0.490 e. The number of β-amino-alcohol motifs (C(OH)–C–C–N with tert-alkyl or cyclic N) is 1. The number of hydrogen-bond donors (Lipinski definition) is 3. The Morgan fingerprint density at radius 3 is 1.84 bits per heavy atom. The van der Waals surface area contributed by atoms with Crippen LogP contribution in [0.1, 0.15) is 22.6 Å². The van der Waals surface area contributed by atoms with E-state index < -0.39 is 24.3 Å². The molecule has 0 bridgehead atoms. The predicted molar refractivity (Wildman–Crippen MR) is 120 cm³/mol. The van der Waals surface area contributed by atoms with Crippen molar-refractivity contribution in [3.8, 4) is 0 Å². The van der Waals surface area contributed by atoms with Crippen LogP contribution >= 0.6 is 11.3 Å². The zero-order valence-electron chi connectivity index (χ0n) is 20.1. The van der Waals surface area contributed by atoms with Gasteiger partial charge < -0.3 is 20.2 Å². The highest BCUT2D eigenvalue weighted by atomic mass is 32.1. The number of thiophene rings is 1. The van der Waals surface area contributed by atoms with Crippen molar-refractivity contribution < 1.29 is 56.0 Å². The van der Waals surface area contributed by atoms with Crippen LogP contribution in [0.2, 0.25) is 0 Å². The molecule has 0 saturated carbocycles. The van der Waals surface area contributed by atoms with Crippen molar-refractivity contribution in [1.82, 2.24) is 14.7 Å². The van der Waals surface area contributed by atoms with Crippen LogP contribution in [0.3, 0.4) is 0 Å². The maximum absolute atomic E-state index is 12.9. The lowest BCUT2D eigenvalue weighted by Crippen LogP contribution is -2.67. The van der Waals surface area contributed by atoms with Gasteiger partial charge in [0.1, 0.15) is 5.54 Å². The minimum atomic E-state index is -5.08. The second kappa shape index (κ2) is 13.4. The molecule has 2 fully saturated rings. The first-order chi connectivity index (χ1) is 16.9. The number of piperazine rings is 1. The number of carboxylic acids is 2. The monoisotopic (exact) mass is 565 g/mol. The third kappa shape index (κ3) is 9.75. The van der Waals surface area contributed by atoms with E-state index in [0.717, 1.165) is 45.6 Å². The summed E-state index contributed by atoms with van der Waals surface area (Å²) in [5.74, 6) is -5.30. The molecule has 2 aliphatic rings. The number of likely N-dealkylation sites (N-methyl/N-ethyl adjacent to an activating group) is 1. The Bertz CT molecular complexity index is 891. The number of amides is 1. The number of alkyl halides is 6. The zero-order chi connectivity index (χ0) is 28.6. The SMILES string of the molecule is Cc1ccc(CN2CCC3(CC2)C(=O)N(CCO)CCN3C)s1.O=C(O)C(F)(F)F.O=C(O)C(F)(F)F. The molecule has 3 rings (SSSR count). The average Bonchev–Trinajstić information content (AvgIpc) is 3.19. The van der Waals surface area contributed by atoms with Crippen LogP contribution in [0.15, 0.2) is 12.1 Å². The molecule has 0 unspecified atom stereocenters. The van der Waals surface area contributed by atoms with E-state index in [0.29, 0.717) is 6.54 Å². The van der Waals surface area contributed by atoms with Crippen LogP contribution in [0, 0.1) is 6.92 Å². The molecule has 1 aromatic heterocycles. The van der Waals surface area contributed by atoms with Gasteiger partial charge in [0, 0.05) is 49.0 Å². The normalized spacial score (nSPS) is 18.5. The molecular formula is C21H29F6N3O6S. The van der Waals surface area contributed by atoms with Crippen LogP contribution in [-0.4, -0.2) is 112 Å². The maximum Gasteiger partial charge on any atom is 0.490 e. The van der Waals surface area contributed by atoms with Gasteiger partial charge in [-0.1, -0.05) is 0 Å². The number of carboxylic acid groups (broad SMARTS) is 2. The number of likely N-dealkylation sites (tertiary alicyclic amines) is 1. The van der Waals surface area contributed by atoms with Gasteiger partial charge in [-0.05, 0) is 38.9 Å². The van der Waals surface area contributed by atoms with Crippen LogP contribution in [0.5, 0.6) is 0 Å². The Kier molecular flexibility index (Phi) is 11.8. The number of aliphatic carboxylic acids is 2. The molecule has 2 aliphatic heterocycles. The fourth-order valence-electron chi connectivity index (χ4n) is 3.85. The number of carbonyl (C=O) groups excluding carboxylic acids is 1. The standard InChI is InChI=1S/C17H27N3O2S.2C2HF3O2/c1-14-3-4-15(23-14)13-19-7-5-17(6-8-19)16(22)20(11-12-21)10-9-18(17)2;2*3-2(4,5)1(6)7/h3-4,21H,5-13H2,1-2H3;2*(H,6,7). The molecule has 0 radical (unpaired) electrons. The molecule has 212 valence electrons. The molecular weight excluding hydrogens is 536 g/mol. The summed E-state index contributed by atoms with van der Waals surface area (Å²) in [4.78, 5) is 40.0. The molecule has 3 heterocycles. The summed E-state index contributed by atoms with van der Waals surface area (Å²) in [6, 6.07) is 4.39. The van der Waals surface area contributed by atoms with Gasteiger partial charge in [-0.3, -0.25) is 14.6 Å². The van der Waals surface area contributed by atoms with Crippen molar-refractivity contribution in [1.29, 1.82) is 0 Å². The van der Waals surface area contributed by atoms with Crippen molar-refractivity contribution in [3.05, 3.63) is 21.9 Å². The highest BCUT2D eigenvalue weighted by Crippen LogP contribution is 2.33. The van der Waals surface area contributed by atoms with Gasteiger partial charge in [0.05, 0.1) is 6.61 Å². The number of nitrogens with zero attached hydrogens (tertiary/aromatic N) is 3. The number of hydrogen-bond acceptors (Lipinski definition) is 7. The molecule has 3 N–H and O–H groups in total. The van der Waals surface area contributed by atoms with Crippen molar-refractivity contribution >= 4 is 29.2 Å². The first kappa shape index (κ1) is 32.6. The Labute approximate surface area is 212 Å². The number of aliphatic hydroxyl groups is 1. The van der Waals surface area contributed by atoms with Gasteiger partial charge in [-0.25, -0.2) is 9.59 Å². The summed E-state index contributed by atoms with van der Waals surface area (Å²) in [5.41, 5.74) is -0.352. The average molecular weight is 566 g/mol. The fraction of sp³-hybridized carbons (Fsp3) is 0.667. The van der Waals surface area contributed by atoms with E-state index in [9.17, 15) is 36.2 Å². The number of aryl methyl sites for hydroxylation is 1. The molecule has 2 saturated heterocycles. The minimum Gasteiger partial charge on any atom is -0.475 e. The number of rotatable bonds is 4. The van der Waals surface area contributed by atoms with E-state index in [1.54, 1.807) is 0 Å². The highest BCUT2D eigenvalue weighted by molar-refractivity contribution is 7.11. The molecule has 0 aromatic carbocycles. The van der Waals surface area contributed by atoms with E-state index in [4.69, 9.17) is 19.8 Å². The minimum absolute atomic E-state index is 0.0510. The summed E-state index contributed by atoms with van der Waals surface area (Å²) in [6.45, 7) is 7.20. The van der Waals surface area contributed by atoms with Crippen molar-refractivity contribution in [3.63, 3.8) is 0 Å². The van der Waals surface area contributed by atoms with Gasteiger partial charge in [-0.2, -0.15) is 26.3 Å². The lowest BCUT2D eigenvalue weighted by atomic mass is 9.82. The summed E-state index contributed by atoms with van der Waals surface area (Å²) >= 11 is 1.86. The quantitative estimate of drug-likeness (QED) is 0.476. The van der Waals surface area contributed by atoms with E-state index in [1.165, 1.54) is 9.75 Å². The number of piperidine rings is 1. The lowest BCUT2D eigenvalue weighted by Gasteiger charge is -2.51.